The van der Waals surface area contributed by atoms with Crippen molar-refractivity contribution in [1.29, 1.82) is 0 Å². The molecule has 2 fully saturated rings. The van der Waals surface area contributed by atoms with Crippen LogP contribution in [0.25, 0.3) is 0 Å². The molecule has 1 aromatic carbocycles. The van der Waals surface area contributed by atoms with Crippen molar-refractivity contribution in [2.75, 3.05) is 38.3 Å². The molecule has 8 heteroatoms. The van der Waals surface area contributed by atoms with Gasteiger partial charge >= 0.3 is 0 Å². The van der Waals surface area contributed by atoms with Gasteiger partial charge in [-0.25, -0.2) is 0 Å². The molecule has 3 rings (SSSR count). The number of methoxy groups -OCH3 is 1. The fraction of sp³-hybridized carbons (Fsp3) is 0.611. The topological polar surface area (TPSA) is 76.8 Å². The highest BCUT2D eigenvalue weighted by Gasteiger charge is 2.30. The maximum absolute atomic E-state index is 12.4. The molecule has 2 aliphatic rings. The Bertz CT molecular complexity index is 570. The number of hydrogen-bond acceptors (Lipinski definition) is 5. The number of nitrogens with zero attached hydrogens (tertiary/aromatic N) is 1. The first-order chi connectivity index (χ1) is 11.7. The van der Waals surface area contributed by atoms with Crippen LogP contribution in [0.2, 0.25) is 0 Å². The Kier molecular flexibility index (Phi) is 9.50. The van der Waals surface area contributed by atoms with Crippen molar-refractivity contribution >= 4 is 36.4 Å². The van der Waals surface area contributed by atoms with E-state index >= 15 is 0 Å². The van der Waals surface area contributed by atoms with Crippen molar-refractivity contribution < 1.29 is 14.3 Å². The summed E-state index contributed by atoms with van der Waals surface area (Å²) in [5, 5.41) is 3.13. The van der Waals surface area contributed by atoms with Crippen LogP contribution in [0.1, 0.15) is 19.3 Å². The molecule has 2 unspecified atom stereocenters. The summed E-state index contributed by atoms with van der Waals surface area (Å²) in [5.41, 5.74) is 7.23. The number of anilines is 1. The quantitative estimate of drug-likeness (QED) is 0.782. The number of halogens is 2. The minimum absolute atomic E-state index is 0. The molecule has 6 nitrogen and oxygen atoms in total. The number of carbonyl (C=O) groups excluding carboxylic acids is 1. The summed E-state index contributed by atoms with van der Waals surface area (Å²) in [6, 6.07) is 7.68. The molecule has 2 aliphatic heterocycles. The molecule has 3 N–H and O–H groups in total. The SMILES string of the molecule is COc1ccccc1N1CCC(NC(=O)C(N)C2CCOCC2)C1.Cl.Cl. The maximum Gasteiger partial charge on any atom is 0.237 e. The van der Waals surface area contributed by atoms with E-state index in [0.29, 0.717) is 13.2 Å². The summed E-state index contributed by atoms with van der Waals surface area (Å²) in [6.07, 6.45) is 2.66. The number of amides is 1. The standard InChI is InChI=1S/C18H27N3O3.2ClH/c1-23-16-5-3-2-4-15(16)21-9-6-14(12-21)20-18(22)17(19)13-7-10-24-11-8-13;;/h2-5,13-14,17H,6-12,19H2,1H3,(H,20,22);2*1H. The van der Waals surface area contributed by atoms with Gasteiger partial charge in [-0.2, -0.15) is 0 Å². The molecular formula is C18H29Cl2N3O3. The van der Waals surface area contributed by atoms with E-state index in [1.54, 1.807) is 7.11 Å². The van der Waals surface area contributed by atoms with Crippen molar-refractivity contribution in [3.63, 3.8) is 0 Å². The van der Waals surface area contributed by atoms with E-state index in [1.165, 1.54) is 0 Å². The van der Waals surface area contributed by atoms with Gasteiger partial charge in [0.25, 0.3) is 0 Å². The molecule has 2 saturated heterocycles. The number of nitrogens with two attached hydrogens (primary N) is 1. The second-order valence-corrected chi connectivity index (χ2v) is 6.59. The monoisotopic (exact) mass is 405 g/mol. The lowest BCUT2D eigenvalue weighted by Gasteiger charge is -2.28. The number of para-hydroxylation sites is 2. The average molecular weight is 406 g/mol. The third-order valence-electron chi connectivity index (χ3n) is 5.04. The fourth-order valence-electron chi connectivity index (χ4n) is 3.57. The van der Waals surface area contributed by atoms with Crippen LogP contribution >= 0.6 is 24.8 Å². The normalized spacial score (nSPS) is 21.3. The number of hydrogen-bond donors (Lipinski definition) is 2. The Hall–Kier alpha value is -1.21. The summed E-state index contributed by atoms with van der Waals surface area (Å²) >= 11 is 0. The van der Waals surface area contributed by atoms with E-state index in [4.69, 9.17) is 15.2 Å². The summed E-state index contributed by atoms with van der Waals surface area (Å²) < 4.78 is 10.8. The van der Waals surface area contributed by atoms with Crippen LogP contribution in [0.15, 0.2) is 24.3 Å². The molecule has 1 aromatic rings. The third-order valence-corrected chi connectivity index (χ3v) is 5.04. The first kappa shape index (κ1) is 22.8. The number of carbonyl (C=O) groups is 1. The third kappa shape index (κ3) is 5.39. The van der Waals surface area contributed by atoms with Crippen LogP contribution in [0.4, 0.5) is 5.69 Å². The maximum atomic E-state index is 12.4. The van der Waals surface area contributed by atoms with Crippen LogP contribution in [0.3, 0.4) is 0 Å². The van der Waals surface area contributed by atoms with Gasteiger partial charge in [0.05, 0.1) is 18.8 Å². The minimum Gasteiger partial charge on any atom is -0.495 e. The summed E-state index contributed by atoms with van der Waals surface area (Å²) in [7, 11) is 1.68. The first-order valence-corrected chi connectivity index (χ1v) is 8.70. The lowest BCUT2D eigenvalue weighted by molar-refractivity contribution is -0.124. The van der Waals surface area contributed by atoms with Crippen molar-refractivity contribution in [2.24, 2.45) is 11.7 Å². The van der Waals surface area contributed by atoms with Gasteiger partial charge in [0, 0.05) is 32.3 Å². The zero-order chi connectivity index (χ0) is 16.9. The van der Waals surface area contributed by atoms with E-state index in [0.717, 1.165) is 43.8 Å². The highest BCUT2D eigenvalue weighted by atomic mass is 35.5. The summed E-state index contributed by atoms with van der Waals surface area (Å²) in [5.74, 6) is 1.06. The second-order valence-electron chi connectivity index (χ2n) is 6.59. The summed E-state index contributed by atoms with van der Waals surface area (Å²) in [4.78, 5) is 14.7. The number of nitrogens with one attached hydrogen (secondary N) is 1. The van der Waals surface area contributed by atoms with Gasteiger partial charge in [0.1, 0.15) is 5.75 Å². The van der Waals surface area contributed by atoms with Crippen LogP contribution in [0.5, 0.6) is 5.75 Å². The second kappa shape index (κ2) is 10.8. The van der Waals surface area contributed by atoms with Crippen LogP contribution < -0.4 is 20.7 Å². The Morgan fingerprint density at radius 3 is 2.65 bits per heavy atom. The van der Waals surface area contributed by atoms with Crippen LogP contribution in [-0.2, 0) is 9.53 Å². The Morgan fingerprint density at radius 2 is 1.96 bits per heavy atom. The average Bonchev–Trinajstić information content (AvgIpc) is 3.10. The zero-order valence-electron chi connectivity index (χ0n) is 15.1. The Labute approximate surface area is 167 Å². The molecule has 26 heavy (non-hydrogen) atoms. The van der Waals surface area contributed by atoms with Crippen molar-refractivity contribution in [2.45, 2.75) is 31.3 Å². The van der Waals surface area contributed by atoms with Crippen molar-refractivity contribution in [1.82, 2.24) is 5.32 Å². The highest BCUT2D eigenvalue weighted by Crippen LogP contribution is 2.30. The molecule has 0 aromatic heterocycles. The van der Waals surface area contributed by atoms with E-state index < -0.39 is 6.04 Å². The molecule has 0 radical (unpaired) electrons. The molecule has 1 amide bonds. The lowest BCUT2D eigenvalue weighted by atomic mass is 9.91. The fourth-order valence-corrected chi connectivity index (χ4v) is 3.57. The van der Waals surface area contributed by atoms with Gasteiger partial charge in [-0.15, -0.1) is 24.8 Å². The molecule has 0 bridgehead atoms. The zero-order valence-corrected chi connectivity index (χ0v) is 16.7. The van der Waals surface area contributed by atoms with Gasteiger partial charge in [-0.3, -0.25) is 4.79 Å². The molecule has 0 spiro atoms. The Morgan fingerprint density at radius 1 is 1.27 bits per heavy atom. The van der Waals surface area contributed by atoms with Crippen LogP contribution in [0, 0.1) is 5.92 Å². The first-order valence-electron chi connectivity index (χ1n) is 8.70. The largest absolute Gasteiger partial charge is 0.495 e. The van der Waals surface area contributed by atoms with Gasteiger partial charge < -0.3 is 25.4 Å². The van der Waals surface area contributed by atoms with Crippen molar-refractivity contribution in [3.05, 3.63) is 24.3 Å². The highest BCUT2D eigenvalue weighted by molar-refractivity contribution is 5.85. The predicted molar refractivity (Wildman–Crippen MR) is 108 cm³/mol. The van der Waals surface area contributed by atoms with Gasteiger partial charge in [0.2, 0.25) is 5.91 Å². The lowest BCUT2D eigenvalue weighted by Crippen LogP contribution is -2.50. The molecule has 0 saturated carbocycles. The van der Waals surface area contributed by atoms with E-state index in [-0.39, 0.29) is 42.7 Å². The van der Waals surface area contributed by atoms with Crippen LogP contribution in [-0.4, -0.2) is 51.4 Å². The van der Waals surface area contributed by atoms with Gasteiger partial charge in [-0.1, -0.05) is 12.1 Å². The molecule has 2 atom stereocenters. The van der Waals surface area contributed by atoms with E-state index in [2.05, 4.69) is 16.3 Å². The van der Waals surface area contributed by atoms with Crippen molar-refractivity contribution in [3.8, 4) is 5.75 Å². The Balaban J connectivity index is 0.00000169. The van der Waals surface area contributed by atoms with E-state index in [9.17, 15) is 4.79 Å². The number of rotatable bonds is 5. The van der Waals surface area contributed by atoms with Gasteiger partial charge in [0.15, 0.2) is 0 Å². The molecule has 2 heterocycles. The molecule has 148 valence electrons. The predicted octanol–water partition coefficient (Wildman–Crippen LogP) is 1.99. The molecule has 0 aliphatic carbocycles. The summed E-state index contributed by atoms with van der Waals surface area (Å²) in [6.45, 7) is 3.09. The minimum atomic E-state index is -0.436. The number of ether oxygens (including phenoxy) is 2. The number of benzene rings is 1. The van der Waals surface area contributed by atoms with E-state index in [1.807, 2.05) is 18.2 Å². The van der Waals surface area contributed by atoms with Gasteiger partial charge in [-0.05, 0) is 37.3 Å². The smallest absolute Gasteiger partial charge is 0.237 e. The molecular weight excluding hydrogens is 377 g/mol.